The first-order valence-corrected chi connectivity index (χ1v) is 7.35. The summed E-state index contributed by atoms with van der Waals surface area (Å²) in [6, 6.07) is 1.39. The molecule has 0 amide bonds. The Labute approximate surface area is 83.1 Å². The normalized spacial score (nSPS) is 10.9. The third kappa shape index (κ3) is 6.92. The van der Waals surface area contributed by atoms with E-state index in [2.05, 4.69) is 0 Å². The molecule has 0 saturated heterocycles. The van der Waals surface area contributed by atoms with E-state index in [9.17, 15) is 4.79 Å². The highest BCUT2D eigenvalue weighted by Crippen LogP contribution is 2.08. The van der Waals surface area contributed by atoms with Gasteiger partial charge in [-0.3, -0.25) is 4.79 Å². The Morgan fingerprint density at radius 3 is 2.58 bits per heavy atom. The lowest BCUT2D eigenvalue weighted by molar-refractivity contribution is -0.121. The Kier molecular flexibility index (Phi) is 8.02. The zero-order chi connectivity index (χ0) is 9.40. The van der Waals surface area contributed by atoms with Crippen molar-refractivity contribution in [2.45, 2.75) is 32.7 Å². The second-order valence-electron chi connectivity index (χ2n) is 3.34. The van der Waals surface area contributed by atoms with E-state index in [1.807, 2.05) is 25.6 Å². The third-order valence-corrected chi connectivity index (χ3v) is 3.56. The molecule has 0 aliphatic heterocycles. The van der Waals surface area contributed by atoms with Gasteiger partial charge in [0.15, 0.2) is 0 Å². The van der Waals surface area contributed by atoms with Gasteiger partial charge in [-0.1, -0.05) is 19.9 Å². The largest absolute Gasteiger partial charge is 0.299 e. The van der Waals surface area contributed by atoms with Crippen molar-refractivity contribution in [2.75, 3.05) is 11.5 Å². The van der Waals surface area contributed by atoms with Gasteiger partial charge in [0.25, 0.3) is 0 Å². The summed E-state index contributed by atoms with van der Waals surface area (Å²) in [5, 5.41) is 0. The van der Waals surface area contributed by atoms with Gasteiger partial charge in [-0.2, -0.15) is 11.8 Å². The molecule has 0 radical (unpaired) electrons. The lowest BCUT2D eigenvalue weighted by Crippen LogP contribution is -2.07. The van der Waals surface area contributed by atoms with E-state index in [1.165, 1.54) is 28.5 Å². The van der Waals surface area contributed by atoms with E-state index in [0.717, 1.165) is 12.2 Å². The quantitative estimate of drug-likeness (QED) is 0.462. The molecule has 0 rings (SSSR count). The molecule has 0 aromatic heterocycles. The van der Waals surface area contributed by atoms with Gasteiger partial charge < -0.3 is 0 Å². The van der Waals surface area contributed by atoms with Crippen LogP contribution in [0.15, 0.2) is 0 Å². The van der Waals surface area contributed by atoms with Gasteiger partial charge in [-0.15, -0.1) is 0 Å². The summed E-state index contributed by atoms with van der Waals surface area (Å²) in [5.74, 6) is 2.91. The molecule has 0 unspecified atom stereocenters. The molecule has 0 spiro atoms. The Morgan fingerprint density at radius 2 is 2.08 bits per heavy atom. The molecule has 1 nitrogen and oxygen atoms in total. The SMILES string of the molecule is CC(C)C(=O)CCSCCC[SiH3]. The highest BCUT2D eigenvalue weighted by atomic mass is 32.2. The lowest BCUT2D eigenvalue weighted by Gasteiger charge is -2.02. The topological polar surface area (TPSA) is 17.1 Å². The maximum absolute atomic E-state index is 11.2. The molecule has 12 heavy (non-hydrogen) atoms. The van der Waals surface area contributed by atoms with Crippen LogP contribution >= 0.6 is 11.8 Å². The van der Waals surface area contributed by atoms with Crippen molar-refractivity contribution in [1.29, 1.82) is 0 Å². The standard InChI is InChI=1S/C9H20OSSi/c1-8(2)9(10)4-6-11-5-3-7-12/h8H,3-7H2,1-2,12H3. The van der Waals surface area contributed by atoms with Crippen LogP contribution in [-0.4, -0.2) is 27.5 Å². The number of carbonyl (C=O) groups excluding carboxylic acids is 1. The molecule has 72 valence electrons. The second kappa shape index (κ2) is 7.86. The lowest BCUT2D eigenvalue weighted by atomic mass is 10.1. The number of carbonyl (C=O) groups is 1. The van der Waals surface area contributed by atoms with Crippen molar-refractivity contribution in [3.05, 3.63) is 0 Å². The van der Waals surface area contributed by atoms with E-state index < -0.39 is 0 Å². The van der Waals surface area contributed by atoms with Crippen LogP contribution in [0.5, 0.6) is 0 Å². The van der Waals surface area contributed by atoms with Crippen molar-refractivity contribution >= 4 is 27.8 Å². The third-order valence-electron chi connectivity index (χ3n) is 1.78. The van der Waals surface area contributed by atoms with Crippen LogP contribution in [-0.2, 0) is 4.79 Å². The van der Waals surface area contributed by atoms with Gasteiger partial charge >= 0.3 is 0 Å². The number of hydrogen-bond acceptors (Lipinski definition) is 2. The van der Waals surface area contributed by atoms with Crippen molar-refractivity contribution in [2.24, 2.45) is 5.92 Å². The number of rotatable bonds is 7. The fourth-order valence-corrected chi connectivity index (χ4v) is 2.72. The van der Waals surface area contributed by atoms with Gasteiger partial charge in [0.1, 0.15) is 5.78 Å². The summed E-state index contributed by atoms with van der Waals surface area (Å²) in [5.41, 5.74) is 0. The summed E-state index contributed by atoms with van der Waals surface area (Å²) < 4.78 is 0. The van der Waals surface area contributed by atoms with Crippen molar-refractivity contribution in [1.82, 2.24) is 0 Å². The maximum atomic E-state index is 11.2. The van der Waals surface area contributed by atoms with Crippen LogP contribution in [0.25, 0.3) is 0 Å². The van der Waals surface area contributed by atoms with E-state index in [4.69, 9.17) is 0 Å². The molecule has 0 aliphatic rings. The molecular weight excluding hydrogens is 184 g/mol. The molecule has 0 aliphatic carbocycles. The smallest absolute Gasteiger partial charge is 0.136 e. The Morgan fingerprint density at radius 1 is 1.42 bits per heavy atom. The van der Waals surface area contributed by atoms with E-state index in [1.54, 1.807) is 0 Å². The van der Waals surface area contributed by atoms with Gasteiger partial charge in [0.05, 0.1) is 0 Å². The minimum Gasteiger partial charge on any atom is -0.299 e. The fourth-order valence-electron chi connectivity index (χ4n) is 0.810. The molecule has 0 heterocycles. The monoisotopic (exact) mass is 204 g/mol. The Hall–Kier alpha value is 0.237. The minimum atomic E-state index is 0.226. The first-order chi connectivity index (χ1) is 5.68. The summed E-state index contributed by atoms with van der Waals surface area (Å²) in [6.45, 7) is 3.95. The predicted molar refractivity (Wildman–Crippen MR) is 61.2 cm³/mol. The summed E-state index contributed by atoms with van der Waals surface area (Å²) in [6.07, 6.45) is 2.11. The average molecular weight is 204 g/mol. The zero-order valence-electron chi connectivity index (χ0n) is 8.43. The number of Topliss-reactive ketones (excluding diaryl/α,β-unsaturated/α-hetero) is 1. The van der Waals surface area contributed by atoms with Gasteiger partial charge in [-0.25, -0.2) is 0 Å². The number of hydrogen-bond donors (Lipinski definition) is 0. The first-order valence-electron chi connectivity index (χ1n) is 4.79. The summed E-state index contributed by atoms with van der Waals surface area (Å²) in [7, 11) is 1.32. The molecule has 0 fully saturated rings. The molecule has 0 aromatic rings. The Bertz CT molecular complexity index is 126. The highest BCUT2D eigenvalue weighted by Gasteiger charge is 2.05. The van der Waals surface area contributed by atoms with Crippen molar-refractivity contribution in [3.63, 3.8) is 0 Å². The summed E-state index contributed by atoms with van der Waals surface area (Å²) >= 11 is 1.92. The van der Waals surface area contributed by atoms with Gasteiger partial charge in [0.2, 0.25) is 0 Å². The average Bonchev–Trinajstić information content (AvgIpc) is 2.03. The predicted octanol–water partition coefficient (Wildman–Crippen LogP) is 1.51. The molecule has 0 bridgehead atoms. The molecule has 3 heteroatoms. The minimum absolute atomic E-state index is 0.226. The van der Waals surface area contributed by atoms with Gasteiger partial charge in [-0.05, 0) is 12.2 Å². The molecule has 0 N–H and O–H groups in total. The summed E-state index contributed by atoms with van der Waals surface area (Å²) in [4.78, 5) is 11.2. The first kappa shape index (κ1) is 12.2. The van der Waals surface area contributed by atoms with Crippen LogP contribution in [0.4, 0.5) is 0 Å². The fraction of sp³-hybridized carbons (Fsp3) is 0.889. The zero-order valence-corrected chi connectivity index (χ0v) is 11.2. The molecule has 0 aromatic carbocycles. The molecule has 0 atom stereocenters. The van der Waals surface area contributed by atoms with Crippen molar-refractivity contribution in [3.8, 4) is 0 Å². The highest BCUT2D eigenvalue weighted by molar-refractivity contribution is 7.99. The van der Waals surface area contributed by atoms with E-state index >= 15 is 0 Å². The van der Waals surface area contributed by atoms with Crippen LogP contribution in [0, 0.1) is 5.92 Å². The van der Waals surface area contributed by atoms with Crippen molar-refractivity contribution < 1.29 is 4.79 Å². The van der Waals surface area contributed by atoms with E-state index in [0.29, 0.717) is 5.78 Å². The van der Waals surface area contributed by atoms with Crippen LogP contribution in [0.1, 0.15) is 26.7 Å². The number of thioether (sulfide) groups is 1. The molecule has 0 saturated carbocycles. The maximum Gasteiger partial charge on any atom is 0.136 e. The second-order valence-corrected chi connectivity index (χ2v) is 5.56. The van der Waals surface area contributed by atoms with Crippen LogP contribution in [0.2, 0.25) is 6.04 Å². The Balaban J connectivity index is 3.14. The van der Waals surface area contributed by atoms with Gasteiger partial charge in [0, 0.05) is 28.3 Å². The molecular formula is C9H20OSSi. The van der Waals surface area contributed by atoms with E-state index in [-0.39, 0.29) is 5.92 Å². The van der Waals surface area contributed by atoms with Crippen LogP contribution < -0.4 is 0 Å². The number of ketones is 1. The van der Waals surface area contributed by atoms with Crippen LogP contribution in [0.3, 0.4) is 0 Å².